The zero-order valence-corrected chi connectivity index (χ0v) is 14.6. The highest BCUT2D eigenvalue weighted by Gasteiger charge is 2.23. The Kier molecular flexibility index (Phi) is 6.00. The molecule has 2 rings (SSSR count). The second-order valence-electron chi connectivity index (χ2n) is 5.60. The average molecular weight is 341 g/mol. The highest BCUT2D eigenvalue weighted by atomic mass is 16.5. The Labute approximate surface area is 147 Å². The van der Waals surface area contributed by atoms with Crippen LogP contribution in [0.2, 0.25) is 0 Å². The lowest BCUT2D eigenvalue weighted by Gasteiger charge is -2.20. The number of hydrogen-bond acceptors (Lipinski definition) is 5. The van der Waals surface area contributed by atoms with E-state index in [1.165, 1.54) is 0 Å². The van der Waals surface area contributed by atoms with E-state index in [0.29, 0.717) is 17.9 Å². The number of methoxy groups -OCH3 is 1. The molecular weight excluding hydrogens is 318 g/mol. The molecule has 0 spiro atoms. The van der Waals surface area contributed by atoms with E-state index in [9.17, 15) is 4.79 Å². The lowest BCUT2D eigenvalue weighted by atomic mass is 10.0. The quantitative estimate of drug-likeness (QED) is 0.408. The van der Waals surface area contributed by atoms with Gasteiger partial charge >= 0.3 is 5.97 Å². The summed E-state index contributed by atoms with van der Waals surface area (Å²) in [5.74, 6) is 0.306. The van der Waals surface area contributed by atoms with Gasteiger partial charge in [0.15, 0.2) is 6.04 Å². The van der Waals surface area contributed by atoms with Crippen molar-refractivity contribution in [1.82, 2.24) is 0 Å². The average Bonchev–Trinajstić information content (AvgIpc) is 2.59. The van der Waals surface area contributed by atoms with Crippen LogP contribution < -0.4 is 15.8 Å². The number of ether oxygens (including phenoxy) is 2. The van der Waals surface area contributed by atoms with Crippen LogP contribution in [0.1, 0.15) is 29.7 Å². The fraction of sp³-hybridized carbons (Fsp3) is 0.263. The van der Waals surface area contributed by atoms with Crippen molar-refractivity contribution in [1.29, 1.82) is 5.41 Å². The number of amidine groups is 1. The number of nitrogen functional groups attached to an aromatic ring is 1. The van der Waals surface area contributed by atoms with E-state index in [2.05, 4.69) is 5.32 Å². The van der Waals surface area contributed by atoms with Crippen molar-refractivity contribution in [2.24, 2.45) is 5.73 Å². The van der Waals surface area contributed by atoms with E-state index >= 15 is 0 Å². The van der Waals surface area contributed by atoms with Gasteiger partial charge in [-0.25, -0.2) is 4.79 Å². The summed E-state index contributed by atoms with van der Waals surface area (Å²) in [5.41, 5.74) is 8.55. The summed E-state index contributed by atoms with van der Waals surface area (Å²) in [6.45, 7) is 4.01. The Morgan fingerprint density at radius 1 is 1.24 bits per heavy atom. The topological polar surface area (TPSA) is 97.4 Å². The Morgan fingerprint density at radius 2 is 1.92 bits per heavy atom. The summed E-state index contributed by atoms with van der Waals surface area (Å²) in [6, 6.07) is 12.0. The Hall–Kier alpha value is -3.02. The van der Waals surface area contributed by atoms with E-state index < -0.39 is 6.04 Å². The Balaban J connectivity index is 2.34. The SMILES string of the molecule is CCOC(=O)C(Nc1ccc(C(=N)N)cc1)c1cc(C)cc(OC)c1. The first-order valence-corrected chi connectivity index (χ1v) is 7.97. The summed E-state index contributed by atoms with van der Waals surface area (Å²) in [4.78, 5) is 12.5. The molecule has 0 saturated carbocycles. The molecule has 0 aromatic heterocycles. The van der Waals surface area contributed by atoms with Crippen molar-refractivity contribution in [2.45, 2.75) is 19.9 Å². The van der Waals surface area contributed by atoms with Crippen LogP contribution in [0, 0.1) is 12.3 Å². The molecule has 0 fully saturated rings. The fourth-order valence-electron chi connectivity index (χ4n) is 2.48. The number of benzene rings is 2. The number of carbonyl (C=O) groups is 1. The zero-order chi connectivity index (χ0) is 18.4. The van der Waals surface area contributed by atoms with Gasteiger partial charge < -0.3 is 20.5 Å². The smallest absolute Gasteiger partial charge is 0.333 e. The van der Waals surface area contributed by atoms with Crippen molar-refractivity contribution < 1.29 is 14.3 Å². The second-order valence-corrected chi connectivity index (χ2v) is 5.60. The lowest BCUT2D eigenvalue weighted by molar-refractivity contribution is -0.144. The standard InChI is InChI=1S/C19H23N3O3/c1-4-25-19(23)17(14-9-12(2)10-16(11-14)24-3)22-15-7-5-13(6-8-15)18(20)21/h5-11,17,22H,4H2,1-3H3,(H3,20,21). The normalized spacial score (nSPS) is 11.5. The number of nitrogens with two attached hydrogens (primary N) is 1. The summed E-state index contributed by atoms with van der Waals surface area (Å²) < 4.78 is 10.5. The summed E-state index contributed by atoms with van der Waals surface area (Å²) in [6.07, 6.45) is 0. The summed E-state index contributed by atoms with van der Waals surface area (Å²) >= 11 is 0. The number of nitrogens with one attached hydrogen (secondary N) is 2. The van der Waals surface area contributed by atoms with Crippen molar-refractivity contribution in [2.75, 3.05) is 19.0 Å². The molecule has 4 N–H and O–H groups in total. The first-order chi connectivity index (χ1) is 11.9. The molecule has 1 atom stereocenters. The first kappa shape index (κ1) is 18.3. The third-order valence-corrected chi connectivity index (χ3v) is 3.67. The minimum Gasteiger partial charge on any atom is -0.497 e. The summed E-state index contributed by atoms with van der Waals surface area (Å²) in [7, 11) is 1.59. The molecule has 2 aromatic rings. The minimum absolute atomic E-state index is 0.00286. The number of anilines is 1. The highest BCUT2D eigenvalue weighted by Crippen LogP contribution is 2.26. The molecule has 0 aliphatic rings. The molecule has 0 aliphatic carbocycles. The van der Waals surface area contributed by atoms with Crippen LogP contribution in [0.3, 0.4) is 0 Å². The van der Waals surface area contributed by atoms with Crippen LogP contribution in [0.4, 0.5) is 5.69 Å². The van der Waals surface area contributed by atoms with Crippen molar-refractivity contribution in [3.8, 4) is 5.75 Å². The van der Waals surface area contributed by atoms with Gasteiger partial charge in [-0.05, 0) is 61.4 Å². The van der Waals surface area contributed by atoms with Crippen LogP contribution >= 0.6 is 0 Å². The molecule has 0 aliphatic heterocycles. The predicted molar refractivity (Wildman–Crippen MR) is 98.2 cm³/mol. The van der Waals surface area contributed by atoms with E-state index in [1.54, 1.807) is 38.3 Å². The van der Waals surface area contributed by atoms with Crippen LogP contribution in [0.15, 0.2) is 42.5 Å². The molecule has 0 bridgehead atoms. The molecule has 25 heavy (non-hydrogen) atoms. The predicted octanol–water partition coefficient (Wildman–Crippen LogP) is 3.00. The van der Waals surface area contributed by atoms with E-state index in [4.69, 9.17) is 20.6 Å². The van der Waals surface area contributed by atoms with Gasteiger partial charge in [-0.1, -0.05) is 6.07 Å². The van der Waals surface area contributed by atoms with Gasteiger partial charge in [-0.15, -0.1) is 0 Å². The van der Waals surface area contributed by atoms with Crippen LogP contribution in [0.5, 0.6) is 5.75 Å². The van der Waals surface area contributed by atoms with E-state index in [-0.39, 0.29) is 11.8 Å². The number of hydrogen-bond donors (Lipinski definition) is 3. The largest absolute Gasteiger partial charge is 0.497 e. The zero-order valence-electron chi connectivity index (χ0n) is 14.6. The Morgan fingerprint density at radius 3 is 2.48 bits per heavy atom. The molecule has 6 nitrogen and oxygen atoms in total. The van der Waals surface area contributed by atoms with E-state index in [1.807, 2.05) is 25.1 Å². The second kappa shape index (κ2) is 8.19. The van der Waals surface area contributed by atoms with Gasteiger partial charge in [0.05, 0.1) is 13.7 Å². The van der Waals surface area contributed by atoms with Gasteiger partial charge in [-0.2, -0.15) is 0 Å². The van der Waals surface area contributed by atoms with Crippen LogP contribution in [0.25, 0.3) is 0 Å². The van der Waals surface area contributed by atoms with Gasteiger partial charge in [0.1, 0.15) is 11.6 Å². The molecule has 0 saturated heterocycles. The molecule has 1 unspecified atom stereocenters. The van der Waals surface area contributed by atoms with Gasteiger partial charge in [0.2, 0.25) is 0 Å². The molecule has 132 valence electrons. The van der Waals surface area contributed by atoms with Crippen molar-refractivity contribution >= 4 is 17.5 Å². The lowest BCUT2D eigenvalue weighted by Crippen LogP contribution is -2.23. The molecule has 0 amide bonds. The minimum atomic E-state index is -0.670. The highest BCUT2D eigenvalue weighted by molar-refractivity contribution is 5.95. The monoisotopic (exact) mass is 341 g/mol. The van der Waals surface area contributed by atoms with Gasteiger partial charge in [-0.3, -0.25) is 5.41 Å². The number of aryl methyl sites for hydroxylation is 1. The van der Waals surface area contributed by atoms with Gasteiger partial charge in [0.25, 0.3) is 0 Å². The maximum Gasteiger partial charge on any atom is 0.333 e. The third-order valence-electron chi connectivity index (χ3n) is 3.67. The van der Waals surface area contributed by atoms with Crippen LogP contribution in [-0.4, -0.2) is 25.5 Å². The number of carbonyl (C=O) groups excluding carboxylic acids is 1. The van der Waals surface area contributed by atoms with Crippen LogP contribution in [-0.2, 0) is 9.53 Å². The van der Waals surface area contributed by atoms with E-state index in [0.717, 1.165) is 16.8 Å². The van der Waals surface area contributed by atoms with Crippen molar-refractivity contribution in [3.05, 3.63) is 59.2 Å². The molecule has 0 heterocycles. The molecule has 0 radical (unpaired) electrons. The maximum absolute atomic E-state index is 12.5. The molecule has 6 heteroatoms. The number of esters is 1. The fourth-order valence-corrected chi connectivity index (χ4v) is 2.48. The summed E-state index contributed by atoms with van der Waals surface area (Å²) in [5, 5.41) is 10.6. The first-order valence-electron chi connectivity index (χ1n) is 7.97. The maximum atomic E-state index is 12.5. The Bertz CT molecular complexity index is 757. The molecule has 2 aromatic carbocycles. The van der Waals surface area contributed by atoms with Gasteiger partial charge in [0, 0.05) is 11.3 Å². The number of rotatable bonds is 7. The third kappa shape index (κ3) is 4.73. The van der Waals surface area contributed by atoms with Crippen molar-refractivity contribution in [3.63, 3.8) is 0 Å². The molecular formula is C19H23N3O3.